The fourth-order valence-corrected chi connectivity index (χ4v) is 7.60. The van der Waals surface area contributed by atoms with Gasteiger partial charge in [-0.05, 0) is 37.5 Å². The lowest BCUT2D eigenvalue weighted by Crippen LogP contribution is -2.53. The molecule has 0 unspecified atom stereocenters. The lowest BCUT2D eigenvalue weighted by molar-refractivity contribution is -0.125. The Morgan fingerprint density at radius 1 is 0.396 bits per heavy atom. The molecule has 2 N–H and O–H groups in total. The van der Waals surface area contributed by atoms with Crippen LogP contribution in [0.5, 0.6) is 0 Å². The summed E-state index contributed by atoms with van der Waals surface area (Å²) in [4.78, 5) is 25.4. The van der Waals surface area contributed by atoms with Gasteiger partial charge in [0.05, 0.1) is 0 Å². The van der Waals surface area contributed by atoms with Gasteiger partial charge < -0.3 is 10.6 Å². The van der Waals surface area contributed by atoms with Crippen LogP contribution in [0.25, 0.3) is 0 Å². The van der Waals surface area contributed by atoms with Gasteiger partial charge in [0.2, 0.25) is 11.8 Å². The molecule has 0 spiro atoms. The standard InChI is InChI=1S/C44H86N2O2/c1-39(2)33-27-23-19-15-11-7-5-9-13-17-21-25-29-37-43(47)45-41-35-31-32-36-42(41)46-44(48)38-30-26-22-18-14-10-6-8-12-16-20-24-28-34-40(3)4/h39-42H,5-38H2,1-4H3,(H,45,47)(H,46,48)/t41-,42-/m0/s1. The number of unbranched alkanes of at least 4 members (excludes halogenated alkanes) is 24. The van der Waals surface area contributed by atoms with E-state index in [-0.39, 0.29) is 23.9 Å². The van der Waals surface area contributed by atoms with Crippen LogP contribution >= 0.6 is 0 Å². The van der Waals surface area contributed by atoms with Gasteiger partial charge in [-0.25, -0.2) is 0 Å². The highest BCUT2D eigenvalue weighted by molar-refractivity contribution is 5.77. The molecule has 2 amide bonds. The summed E-state index contributed by atoms with van der Waals surface area (Å²) in [7, 11) is 0. The molecule has 48 heavy (non-hydrogen) atoms. The molecule has 0 aliphatic heterocycles. The fourth-order valence-electron chi connectivity index (χ4n) is 7.60. The van der Waals surface area contributed by atoms with Crippen molar-refractivity contribution in [3.8, 4) is 0 Å². The number of carbonyl (C=O) groups excluding carboxylic acids is 2. The quantitative estimate of drug-likeness (QED) is 0.0667. The molecule has 0 bridgehead atoms. The van der Waals surface area contributed by atoms with Crippen LogP contribution in [0.3, 0.4) is 0 Å². The van der Waals surface area contributed by atoms with E-state index in [1.165, 1.54) is 154 Å². The van der Waals surface area contributed by atoms with Gasteiger partial charge in [0, 0.05) is 24.9 Å². The molecular weight excluding hydrogens is 588 g/mol. The average Bonchev–Trinajstić information content (AvgIpc) is 3.05. The van der Waals surface area contributed by atoms with E-state index < -0.39 is 0 Å². The van der Waals surface area contributed by atoms with Gasteiger partial charge in [-0.3, -0.25) is 9.59 Å². The summed E-state index contributed by atoms with van der Waals surface area (Å²) in [5.41, 5.74) is 0. The molecule has 0 aromatic heterocycles. The van der Waals surface area contributed by atoms with E-state index in [9.17, 15) is 9.59 Å². The zero-order chi connectivity index (χ0) is 34.9. The normalized spacial score (nSPS) is 16.5. The average molecular weight is 675 g/mol. The van der Waals surface area contributed by atoms with E-state index in [4.69, 9.17) is 0 Å². The van der Waals surface area contributed by atoms with Crippen LogP contribution in [-0.2, 0) is 9.59 Å². The van der Waals surface area contributed by atoms with E-state index in [0.29, 0.717) is 12.8 Å². The molecule has 4 heteroatoms. The maximum absolute atomic E-state index is 12.7. The Morgan fingerprint density at radius 2 is 0.625 bits per heavy atom. The molecule has 284 valence electrons. The van der Waals surface area contributed by atoms with Gasteiger partial charge in [-0.2, -0.15) is 0 Å². The maximum atomic E-state index is 12.7. The molecule has 0 aromatic rings. The molecule has 1 fully saturated rings. The van der Waals surface area contributed by atoms with E-state index in [1.54, 1.807) is 0 Å². The number of nitrogens with one attached hydrogen (secondary N) is 2. The lowest BCUT2D eigenvalue weighted by Gasteiger charge is -2.33. The third-order valence-electron chi connectivity index (χ3n) is 10.8. The van der Waals surface area contributed by atoms with Gasteiger partial charge in [0.15, 0.2) is 0 Å². The molecule has 0 saturated heterocycles. The summed E-state index contributed by atoms with van der Waals surface area (Å²) in [6, 6.07) is 0.222. The van der Waals surface area contributed by atoms with E-state index >= 15 is 0 Å². The molecule has 4 nitrogen and oxygen atoms in total. The first-order chi connectivity index (χ1) is 23.4. The largest absolute Gasteiger partial charge is 0.351 e. The second-order valence-corrected chi connectivity index (χ2v) is 16.7. The van der Waals surface area contributed by atoms with E-state index in [2.05, 4.69) is 38.3 Å². The molecule has 1 saturated carbocycles. The van der Waals surface area contributed by atoms with Crippen molar-refractivity contribution in [2.45, 2.75) is 258 Å². The highest BCUT2D eigenvalue weighted by atomic mass is 16.2. The summed E-state index contributed by atoms with van der Waals surface area (Å²) < 4.78 is 0. The topological polar surface area (TPSA) is 58.2 Å². The molecule has 1 aliphatic carbocycles. The van der Waals surface area contributed by atoms with Gasteiger partial charge >= 0.3 is 0 Å². The van der Waals surface area contributed by atoms with Crippen LogP contribution in [0.4, 0.5) is 0 Å². The first kappa shape index (κ1) is 45.0. The van der Waals surface area contributed by atoms with Gasteiger partial charge in [-0.15, -0.1) is 0 Å². The van der Waals surface area contributed by atoms with Crippen LogP contribution in [0.1, 0.15) is 246 Å². The number of hydrogen-bond donors (Lipinski definition) is 2. The van der Waals surface area contributed by atoms with Crippen LogP contribution in [-0.4, -0.2) is 23.9 Å². The summed E-state index contributed by atoms with van der Waals surface area (Å²) in [5.74, 6) is 2.09. The summed E-state index contributed by atoms with van der Waals surface area (Å²) in [6.07, 6.45) is 43.0. The zero-order valence-electron chi connectivity index (χ0n) is 33.2. The maximum Gasteiger partial charge on any atom is 0.220 e. The van der Waals surface area contributed by atoms with Crippen molar-refractivity contribution in [3.05, 3.63) is 0 Å². The highest BCUT2D eigenvalue weighted by Gasteiger charge is 2.27. The zero-order valence-corrected chi connectivity index (χ0v) is 33.2. The minimum Gasteiger partial charge on any atom is -0.351 e. The molecule has 0 radical (unpaired) electrons. The van der Waals surface area contributed by atoms with Gasteiger partial charge in [0.25, 0.3) is 0 Å². The van der Waals surface area contributed by atoms with Gasteiger partial charge in [0.1, 0.15) is 0 Å². The van der Waals surface area contributed by atoms with Crippen LogP contribution in [0.2, 0.25) is 0 Å². The number of amides is 2. The summed E-state index contributed by atoms with van der Waals surface area (Å²) >= 11 is 0. The third kappa shape index (κ3) is 29.8. The SMILES string of the molecule is CC(C)CCCCCCCCCCCCCCCC(=O)N[C@H]1CCCC[C@@H]1NC(=O)CCCCCCCCCCCCCCCC(C)C. The van der Waals surface area contributed by atoms with Crippen LogP contribution in [0.15, 0.2) is 0 Å². The Bertz CT molecular complexity index is 661. The van der Waals surface area contributed by atoms with Crippen LogP contribution in [0, 0.1) is 11.8 Å². The Labute approximate surface area is 301 Å². The monoisotopic (exact) mass is 675 g/mol. The van der Waals surface area contributed by atoms with Crippen molar-refractivity contribution in [1.82, 2.24) is 10.6 Å². The molecule has 1 rings (SSSR count). The first-order valence-corrected chi connectivity index (χ1v) is 22.0. The van der Waals surface area contributed by atoms with Crippen molar-refractivity contribution in [3.63, 3.8) is 0 Å². The molecule has 0 aromatic carbocycles. The second-order valence-electron chi connectivity index (χ2n) is 16.7. The Morgan fingerprint density at radius 3 is 0.875 bits per heavy atom. The van der Waals surface area contributed by atoms with E-state index in [0.717, 1.165) is 63.2 Å². The first-order valence-electron chi connectivity index (χ1n) is 22.0. The lowest BCUT2D eigenvalue weighted by atomic mass is 9.90. The third-order valence-corrected chi connectivity index (χ3v) is 10.8. The summed E-state index contributed by atoms with van der Waals surface area (Å²) in [6.45, 7) is 9.31. The van der Waals surface area contributed by atoms with Crippen molar-refractivity contribution < 1.29 is 9.59 Å². The number of carbonyl (C=O) groups is 2. The van der Waals surface area contributed by atoms with Crippen molar-refractivity contribution in [1.29, 1.82) is 0 Å². The molecule has 0 heterocycles. The van der Waals surface area contributed by atoms with Crippen LogP contribution < -0.4 is 10.6 Å². The van der Waals surface area contributed by atoms with Crippen molar-refractivity contribution >= 4 is 11.8 Å². The molecular formula is C44H86N2O2. The Balaban J connectivity index is 1.95. The van der Waals surface area contributed by atoms with Gasteiger partial charge in [-0.1, -0.05) is 207 Å². The predicted molar refractivity (Wildman–Crippen MR) is 211 cm³/mol. The predicted octanol–water partition coefficient (Wildman–Crippen LogP) is 13.5. The summed E-state index contributed by atoms with van der Waals surface area (Å²) in [5, 5.41) is 6.59. The smallest absolute Gasteiger partial charge is 0.220 e. The van der Waals surface area contributed by atoms with E-state index in [1.807, 2.05) is 0 Å². The fraction of sp³-hybridized carbons (Fsp3) is 0.955. The minimum atomic E-state index is 0.111. The Hall–Kier alpha value is -1.06. The Kier molecular flexibility index (Phi) is 31.0. The van der Waals surface area contributed by atoms with Crippen molar-refractivity contribution in [2.24, 2.45) is 11.8 Å². The van der Waals surface area contributed by atoms with Crippen molar-refractivity contribution in [2.75, 3.05) is 0 Å². The molecule has 1 aliphatic rings. The number of rotatable bonds is 34. The second kappa shape index (κ2) is 33.1. The minimum absolute atomic E-state index is 0.111. The number of hydrogen-bond acceptors (Lipinski definition) is 2. The highest BCUT2D eigenvalue weighted by Crippen LogP contribution is 2.20. The molecule has 2 atom stereocenters.